The number of rotatable bonds is 13. The summed E-state index contributed by atoms with van der Waals surface area (Å²) in [5.41, 5.74) is 8.58. The van der Waals surface area contributed by atoms with Crippen LogP contribution in [0.3, 0.4) is 0 Å². The van der Waals surface area contributed by atoms with Crippen molar-refractivity contribution >= 4 is 59.1 Å². The van der Waals surface area contributed by atoms with Crippen LogP contribution in [0.15, 0.2) is 31.8 Å². The van der Waals surface area contributed by atoms with Gasteiger partial charge in [0.05, 0.1) is 49.2 Å². The number of halogens is 3. The molecule has 2 saturated heterocycles. The summed E-state index contributed by atoms with van der Waals surface area (Å²) in [6, 6.07) is 1.34. The molecule has 380 valence electrons. The minimum absolute atomic E-state index is 0.0464. The molecule has 5 N–H and O–H groups in total. The van der Waals surface area contributed by atoms with E-state index in [4.69, 9.17) is 30.4 Å². The van der Waals surface area contributed by atoms with E-state index in [0.717, 1.165) is 51.1 Å². The Morgan fingerprint density at radius 2 is 1.17 bits per heavy atom. The number of nitrogens with zero attached hydrogens (tertiary/aromatic N) is 3. The van der Waals surface area contributed by atoms with Crippen LogP contribution in [0.25, 0.3) is 21.8 Å². The predicted molar refractivity (Wildman–Crippen MR) is 253 cm³/mol. The first-order valence-electron chi connectivity index (χ1n) is 22.8. The molecule has 0 amide bonds. The molecule has 2 saturated carbocycles. The molecule has 4 atom stereocenters. The lowest BCUT2D eigenvalue weighted by molar-refractivity contribution is 0.0509. The highest BCUT2D eigenvalue weighted by Gasteiger charge is 2.40. The number of carbonyl (C=O) groups excluding carboxylic acids is 2. The highest BCUT2D eigenvalue weighted by Crippen LogP contribution is 2.47. The summed E-state index contributed by atoms with van der Waals surface area (Å²) >= 11 is 0. The van der Waals surface area contributed by atoms with Crippen LogP contribution in [-0.4, -0.2) is 116 Å². The van der Waals surface area contributed by atoms with Gasteiger partial charge in [0.15, 0.2) is 52.9 Å². The minimum Gasteiger partial charge on any atom is -0.492 e. The standard InChI is InChI=1S/C23H30FN3O6S.C17H17F2NO6S.C6H14N2/c1-5-33-23(29)17-20(28)15-10-16(24)19(26-9-8-13(11-26)12(2)25)21(32-3)18(15)27(14-6-7-14)22(17)34(4,30)31;1-4-26-17(22)11-14(21)9-7-10(18)12(19)15(25-2)13(9)20(8-5-6-8)16(11)27(3,23)24;1-5(7)6-2-3-8-4-6/h10,12-14H,5-9,11,25H2,1-4H3;7-8H,4-6H2,1-3H3;5-6,8H,2-4,7H2,1H3/t12-,13+;;5-,6+/m0.0/s1. The van der Waals surface area contributed by atoms with Crippen molar-refractivity contribution in [2.75, 3.05) is 71.0 Å². The molecule has 69 heavy (non-hydrogen) atoms. The van der Waals surface area contributed by atoms with Crippen molar-refractivity contribution in [3.05, 3.63) is 61.2 Å². The molecular weight excluding hydrogens is 950 g/mol. The first-order valence-corrected chi connectivity index (χ1v) is 26.6. The number of anilines is 1. The van der Waals surface area contributed by atoms with Gasteiger partial charge in [0.2, 0.25) is 16.7 Å². The van der Waals surface area contributed by atoms with Crippen LogP contribution in [0.5, 0.6) is 11.5 Å². The predicted octanol–water partition coefficient (Wildman–Crippen LogP) is 4.38. The van der Waals surface area contributed by atoms with E-state index in [0.29, 0.717) is 50.9 Å². The summed E-state index contributed by atoms with van der Waals surface area (Å²) in [5, 5.41) is 1.80. The lowest BCUT2D eigenvalue weighted by Gasteiger charge is -2.26. The van der Waals surface area contributed by atoms with Crippen LogP contribution in [-0.2, 0) is 29.1 Å². The third-order valence-electron chi connectivity index (χ3n) is 12.6. The average Bonchev–Trinajstić information content (AvgIpc) is 4.19. The third kappa shape index (κ3) is 10.8. The molecule has 2 aromatic heterocycles. The smallest absolute Gasteiger partial charge is 0.345 e. The van der Waals surface area contributed by atoms with Crippen LogP contribution in [0.1, 0.15) is 99.0 Å². The summed E-state index contributed by atoms with van der Waals surface area (Å²) in [7, 11) is -5.71. The molecule has 0 radical (unpaired) electrons. The number of hydrogen-bond acceptors (Lipinski definition) is 16. The monoisotopic (exact) mass is 1010 g/mol. The number of methoxy groups -OCH3 is 2. The van der Waals surface area contributed by atoms with Crippen LogP contribution in [0.4, 0.5) is 18.9 Å². The van der Waals surface area contributed by atoms with E-state index >= 15 is 4.39 Å². The summed E-state index contributed by atoms with van der Waals surface area (Å²) in [4.78, 5) is 53.3. The third-order valence-corrected chi connectivity index (χ3v) is 14.9. The Labute approximate surface area is 398 Å². The first-order chi connectivity index (χ1) is 32.4. The maximum absolute atomic E-state index is 15.6. The summed E-state index contributed by atoms with van der Waals surface area (Å²) in [5.74, 6) is -5.19. The van der Waals surface area contributed by atoms with Gasteiger partial charge in [-0.15, -0.1) is 0 Å². The molecule has 4 aliphatic rings. The Kier molecular flexibility index (Phi) is 16.2. The van der Waals surface area contributed by atoms with Crippen molar-refractivity contribution in [2.24, 2.45) is 23.3 Å². The van der Waals surface area contributed by atoms with E-state index in [1.54, 1.807) is 6.92 Å². The highest BCUT2D eigenvalue weighted by molar-refractivity contribution is 7.91. The highest BCUT2D eigenvalue weighted by atomic mass is 32.2. The van der Waals surface area contributed by atoms with E-state index in [-0.39, 0.29) is 64.5 Å². The molecule has 0 spiro atoms. The van der Waals surface area contributed by atoms with Crippen molar-refractivity contribution in [2.45, 2.75) is 100 Å². The summed E-state index contributed by atoms with van der Waals surface area (Å²) in [6.45, 7) is 10.2. The van der Waals surface area contributed by atoms with Crippen LogP contribution >= 0.6 is 0 Å². The van der Waals surface area contributed by atoms with Gasteiger partial charge in [-0.2, -0.15) is 4.39 Å². The van der Waals surface area contributed by atoms with Gasteiger partial charge in [0, 0.05) is 49.8 Å². The van der Waals surface area contributed by atoms with Crippen molar-refractivity contribution in [3.8, 4) is 11.5 Å². The molecule has 0 bridgehead atoms. The van der Waals surface area contributed by atoms with Gasteiger partial charge < -0.3 is 49.8 Å². The van der Waals surface area contributed by atoms with E-state index in [9.17, 15) is 44.8 Å². The molecular formula is C46H61F3N6O12S2. The Morgan fingerprint density at radius 3 is 1.52 bits per heavy atom. The minimum atomic E-state index is -4.10. The molecule has 2 aliphatic carbocycles. The van der Waals surface area contributed by atoms with Gasteiger partial charge in [0.25, 0.3) is 0 Å². The quantitative estimate of drug-likeness (QED) is 0.157. The molecule has 23 heteroatoms. The van der Waals surface area contributed by atoms with Gasteiger partial charge in [-0.3, -0.25) is 9.59 Å². The number of nitrogens with two attached hydrogens (primary N) is 2. The Hall–Kier alpha value is -5.23. The number of nitrogens with one attached hydrogen (secondary N) is 1. The van der Waals surface area contributed by atoms with Crippen LogP contribution in [0.2, 0.25) is 0 Å². The fourth-order valence-corrected chi connectivity index (χ4v) is 11.3. The molecule has 2 aliphatic heterocycles. The molecule has 18 nitrogen and oxygen atoms in total. The zero-order valence-electron chi connectivity index (χ0n) is 39.9. The van der Waals surface area contributed by atoms with Crippen molar-refractivity contribution in [3.63, 3.8) is 0 Å². The number of aromatic nitrogens is 2. The molecule has 2 aromatic carbocycles. The number of carbonyl (C=O) groups is 2. The summed E-state index contributed by atoms with van der Waals surface area (Å²) < 4.78 is 118. The summed E-state index contributed by atoms with van der Waals surface area (Å²) in [6.07, 6.45) is 6.20. The Morgan fingerprint density at radius 1 is 0.725 bits per heavy atom. The molecule has 4 heterocycles. The van der Waals surface area contributed by atoms with Gasteiger partial charge in [0.1, 0.15) is 16.8 Å². The van der Waals surface area contributed by atoms with Gasteiger partial charge in [-0.25, -0.2) is 35.2 Å². The molecule has 0 unspecified atom stereocenters. The van der Waals surface area contributed by atoms with Gasteiger partial charge >= 0.3 is 11.9 Å². The average molecular weight is 1010 g/mol. The lowest BCUT2D eigenvalue weighted by Crippen LogP contribution is -2.31. The van der Waals surface area contributed by atoms with Gasteiger partial charge in [-0.1, -0.05) is 0 Å². The van der Waals surface area contributed by atoms with E-state index in [1.807, 2.05) is 11.8 Å². The lowest BCUT2D eigenvalue weighted by atomic mass is 10.0. The number of sulfone groups is 2. The maximum atomic E-state index is 15.6. The molecule has 8 rings (SSSR count). The fourth-order valence-electron chi connectivity index (χ4n) is 9.01. The van der Waals surface area contributed by atoms with Crippen LogP contribution < -0.4 is 42.0 Å². The zero-order valence-corrected chi connectivity index (χ0v) is 41.6. The Bertz CT molecular complexity index is 3000. The fraction of sp³-hybridized carbons (Fsp3) is 0.565. The van der Waals surface area contributed by atoms with Crippen molar-refractivity contribution < 1.29 is 58.5 Å². The second kappa shape index (κ2) is 21.0. The number of pyridine rings is 2. The van der Waals surface area contributed by atoms with E-state index in [1.165, 1.54) is 29.6 Å². The second-order valence-corrected chi connectivity index (χ2v) is 21.8. The molecule has 4 aromatic rings. The van der Waals surface area contributed by atoms with Crippen molar-refractivity contribution in [1.29, 1.82) is 0 Å². The second-order valence-electron chi connectivity index (χ2n) is 17.9. The van der Waals surface area contributed by atoms with Crippen molar-refractivity contribution in [1.82, 2.24) is 14.5 Å². The SMILES string of the molecule is CCOC(=O)c1c(S(C)(=O)=O)n(C2CC2)c2c(OC)c(F)c(F)cc2c1=O.CCOC(=O)c1c(S(C)(=O)=O)n(C2CC2)c2c(OC)c(N3CC[C@@H]([C@H](C)N)C3)c(F)cc2c1=O.C[C@H](N)[C@@H]1CCNC1. The number of benzene rings is 2. The number of ether oxygens (including phenoxy) is 4. The number of fused-ring (bicyclic) bond motifs is 2. The van der Waals surface area contributed by atoms with E-state index < -0.39 is 92.9 Å². The van der Waals surface area contributed by atoms with Crippen LogP contribution in [0, 0.1) is 29.3 Å². The number of esters is 2. The van der Waals surface area contributed by atoms with Gasteiger partial charge in [-0.05, 0) is 103 Å². The topological polar surface area (TPSA) is 251 Å². The normalized spacial score (nSPS) is 19.1. The number of hydrogen-bond donors (Lipinski definition) is 3. The Balaban J connectivity index is 0.000000199. The van der Waals surface area contributed by atoms with E-state index in [2.05, 4.69) is 12.2 Å². The first kappa shape index (κ1) is 53.1. The zero-order chi connectivity index (χ0) is 51.0. The molecule has 4 fully saturated rings. The largest absolute Gasteiger partial charge is 0.492 e. The maximum Gasteiger partial charge on any atom is 0.345 e.